The molecule has 7 heteroatoms. The van der Waals surface area contributed by atoms with Crippen LogP contribution >= 0.6 is 11.6 Å². The van der Waals surface area contributed by atoms with E-state index in [1.807, 2.05) is 0 Å². The fourth-order valence-electron chi connectivity index (χ4n) is 2.86. The summed E-state index contributed by atoms with van der Waals surface area (Å²) >= 11 is 5.60. The molecule has 118 valence electrons. The van der Waals surface area contributed by atoms with Crippen LogP contribution in [0, 0.1) is 5.92 Å². The molecule has 2 saturated heterocycles. The van der Waals surface area contributed by atoms with Crippen LogP contribution in [0.1, 0.15) is 19.3 Å². The largest absolute Gasteiger partial charge is 0.379 e. The highest BCUT2D eigenvalue weighted by Gasteiger charge is 2.31. The first kappa shape index (κ1) is 16.5. The normalized spacial score (nSPS) is 26.1. The molecule has 20 heavy (non-hydrogen) atoms. The topological polar surface area (TPSA) is 49.9 Å². The van der Waals surface area contributed by atoms with Gasteiger partial charge in [-0.2, -0.15) is 0 Å². The molecule has 0 bridgehead atoms. The number of alkyl halides is 1. The van der Waals surface area contributed by atoms with Gasteiger partial charge >= 0.3 is 0 Å². The van der Waals surface area contributed by atoms with Crippen LogP contribution in [0.15, 0.2) is 0 Å². The highest BCUT2D eigenvalue weighted by Crippen LogP contribution is 2.21. The Kier molecular flexibility index (Phi) is 6.55. The van der Waals surface area contributed by atoms with Crippen LogP contribution in [0.3, 0.4) is 0 Å². The molecule has 0 spiro atoms. The zero-order valence-electron chi connectivity index (χ0n) is 12.0. The van der Waals surface area contributed by atoms with Crippen molar-refractivity contribution in [1.29, 1.82) is 0 Å². The summed E-state index contributed by atoms with van der Waals surface area (Å²) in [4.78, 5) is 2.39. The predicted octanol–water partition coefficient (Wildman–Crippen LogP) is 0.989. The Morgan fingerprint density at radius 3 is 2.60 bits per heavy atom. The highest BCUT2D eigenvalue weighted by molar-refractivity contribution is 7.89. The van der Waals surface area contributed by atoms with Crippen molar-refractivity contribution in [3.8, 4) is 0 Å². The van der Waals surface area contributed by atoms with Gasteiger partial charge in [-0.05, 0) is 25.2 Å². The highest BCUT2D eigenvalue weighted by atomic mass is 35.5. The first-order chi connectivity index (χ1) is 9.62. The zero-order valence-corrected chi connectivity index (χ0v) is 13.5. The second kappa shape index (κ2) is 7.94. The Morgan fingerprint density at radius 2 is 1.90 bits per heavy atom. The second-order valence-corrected chi connectivity index (χ2v) is 8.10. The van der Waals surface area contributed by atoms with Gasteiger partial charge in [0.1, 0.15) is 0 Å². The summed E-state index contributed by atoms with van der Waals surface area (Å²) in [7, 11) is -3.07. The summed E-state index contributed by atoms with van der Waals surface area (Å²) in [5, 5.41) is 0. The standard InChI is InChI=1S/C13H25ClN2O3S/c14-4-1-2-10-20(17,18)16-5-3-13(12-16)11-15-6-8-19-9-7-15/h13H,1-12H2/t13-/m1/s1. The molecule has 5 nitrogen and oxygen atoms in total. The van der Waals surface area contributed by atoms with E-state index < -0.39 is 10.0 Å². The van der Waals surface area contributed by atoms with E-state index in [1.54, 1.807) is 4.31 Å². The summed E-state index contributed by atoms with van der Waals surface area (Å²) in [5.41, 5.74) is 0. The van der Waals surface area contributed by atoms with Crippen molar-refractivity contribution < 1.29 is 13.2 Å². The van der Waals surface area contributed by atoms with E-state index in [4.69, 9.17) is 16.3 Å². The van der Waals surface area contributed by atoms with Gasteiger partial charge in [-0.3, -0.25) is 4.90 Å². The summed E-state index contributed by atoms with van der Waals surface area (Å²) in [5.74, 6) is 1.25. The molecule has 0 saturated carbocycles. The Bertz CT molecular complexity index is 385. The minimum absolute atomic E-state index is 0.240. The Balaban J connectivity index is 1.76. The van der Waals surface area contributed by atoms with Gasteiger partial charge in [-0.1, -0.05) is 0 Å². The van der Waals surface area contributed by atoms with E-state index in [9.17, 15) is 8.42 Å². The molecule has 0 unspecified atom stereocenters. The van der Waals surface area contributed by atoms with Crippen molar-refractivity contribution in [3.05, 3.63) is 0 Å². The van der Waals surface area contributed by atoms with E-state index in [0.717, 1.165) is 45.7 Å². The Labute approximate surface area is 127 Å². The molecule has 0 aliphatic carbocycles. The molecule has 0 N–H and O–H groups in total. The van der Waals surface area contributed by atoms with Crippen LogP contribution in [-0.2, 0) is 14.8 Å². The number of ether oxygens (including phenoxy) is 1. The fourth-order valence-corrected chi connectivity index (χ4v) is 4.69. The van der Waals surface area contributed by atoms with Crippen molar-refractivity contribution in [2.75, 3.05) is 57.6 Å². The number of hydrogen-bond donors (Lipinski definition) is 0. The molecule has 2 fully saturated rings. The number of hydrogen-bond acceptors (Lipinski definition) is 4. The molecule has 2 rings (SSSR count). The van der Waals surface area contributed by atoms with E-state index in [-0.39, 0.29) is 5.75 Å². The number of rotatable bonds is 7. The number of halogens is 1. The lowest BCUT2D eigenvalue weighted by Crippen LogP contribution is -2.40. The minimum atomic E-state index is -3.07. The second-order valence-electron chi connectivity index (χ2n) is 5.64. The van der Waals surface area contributed by atoms with Crippen molar-refractivity contribution in [2.45, 2.75) is 19.3 Å². The van der Waals surface area contributed by atoms with Crippen LogP contribution in [0.2, 0.25) is 0 Å². The molecule has 0 aromatic rings. The first-order valence-electron chi connectivity index (χ1n) is 7.46. The summed E-state index contributed by atoms with van der Waals surface area (Å²) < 4.78 is 31.4. The van der Waals surface area contributed by atoms with E-state index in [0.29, 0.717) is 31.3 Å². The third-order valence-electron chi connectivity index (χ3n) is 4.05. The molecule has 0 radical (unpaired) electrons. The minimum Gasteiger partial charge on any atom is -0.379 e. The van der Waals surface area contributed by atoms with Gasteiger partial charge in [0.2, 0.25) is 10.0 Å². The van der Waals surface area contributed by atoms with Crippen LogP contribution in [0.4, 0.5) is 0 Å². The van der Waals surface area contributed by atoms with Crippen molar-refractivity contribution in [1.82, 2.24) is 9.21 Å². The third kappa shape index (κ3) is 4.84. The maximum absolute atomic E-state index is 12.2. The van der Waals surface area contributed by atoms with Gasteiger partial charge in [-0.25, -0.2) is 12.7 Å². The summed E-state index contributed by atoms with van der Waals surface area (Å²) in [6.07, 6.45) is 2.41. The lowest BCUT2D eigenvalue weighted by atomic mass is 10.1. The average molecular weight is 325 g/mol. The predicted molar refractivity (Wildman–Crippen MR) is 80.7 cm³/mol. The number of sulfonamides is 1. The summed E-state index contributed by atoms with van der Waals surface area (Å²) in [6, 6.07) is 0. The fraction of sp³-hybridized carbons (Fsp3) is 1.00. The van der Waals surface area contributed by atoms with Gasteiger partial charge in [0.15, 0.2) is 0 Å². The van der Waals surface area contributed by atoms with Gasteiger partial charge < -0.3 is 4.74 Å². The Hall–Kier alpha value is 0.120. The van der Waals surface area contributed by atoms with Crippen molar-refractivity contribution in [3.63, 3.8) is 0 Å². The van der Waals surface area contributed by atoms with Crippen molar-refractivity contribution >= 4 is 21.6 Å². The van der Waals surface area contributed by atoms with E-state index in [2.05, 4.69) is 4.90 Å². The van der Waals surface area contributed by atoms with Gasteiger partial charge in [0, 0.05) is 38.6 Å². The Morgan fingerprint density at radius 1 is 1.15 bits per heavy atom. The van der Waals surface area contributed by atoms with Crippen LogP contribution in [0.25, 0.3) is 0 Å². The lowest BCUT2D eigenvalue weighted by molar-refractivity contribution is 0.0316. The zero-order chi connectivity index (χ0) is 14.4. The molecule has 2 heterocycles. The van der Waals surface area contributed by atoms with Gasteiger partial charge in [0.25, 0.3) is 0 Å². The molecular weight excluding hydrogens is 300 g/mol. The number of unbranched alkanes of at least 4 members (excludes halogenated alkanes) is 1. The SMILES string of the molecule is O=S(=O)(CCCCCl)N1CC[C@H](CN2CCOCC2)C1. The molecule has 0 amide bonds. The van der Waals surface area contributed by atoms with E-state index >= 15 is 0 Å². The molecule has 0 aromatic carbocycles. The molecular formula is C13H25ClN2O3S. The lowest BCUT2D eigenvalue weighted by Gasteiger charge is -2.29. The number of morpholine rings is 1. The third-order valence-corrected chi connectivity index (χ3v) is 6.24. The van der Waals surface area contributed by atoms with Gasteiger partial charge in [0.05, 0.1) is 19.0 Å². The average Bonchev–Trinajstić information content (AvgIpc) is 2.89. The first-order valence-corrected chi connectivity index (χ1v) is 9.60. The van der Waals surface area contributed by atoms with E-state index in [1.165, 1.54) is 0 Å². The quantitative estimate of drug-likeness (QED) is 0.517. The molecule has 0 aromatic heterocycles. The van der Waals surface area contributed by atoms with Crippen molar-refractivity contribution in [2.24, 2.45) is 5.92 Å². The van der Waals surface area contributed by atoms with Crippen LogP contribution in [-0.4, -0.2) is 75.2 Å². The number of nitrogens with zero attached hydrogens (tertiary/aromatic N) is 2. The molecule has 2 aliphatic rings. The molecule has 2 aliphatic heterocycles. The smallest absolute Gasteiger partial charge is 0.214 e. The van der Waals surface area contributed by atoms with Crippen LogP contribution in [0.5, 0.6) is 0 Å². The maximum Gasteiger partial charge on any atom is 0.214 e. The van der Waals surface area contributed by atoms with Gasteiger partial charge in [-0.15, -0.1) is 11.6 Å². The molecule has 1 atom stereocenters. The van der Waals surface area contributed by atoms with Crippen LogP contribution < -0.4 is 0 Å². The maximum atomic E-state index is 12.2. The monoisotopic (exact) mass is 324 g/mol. The summed E-state index contributed by atoms with van der Waals surface area (Å²) in [6.45, 7) is 5.90.